The van der Waals surface area contributed by atoms with Crippen LogP contribution in [0.4, 0.5) is 5.69 Å². The second-order valence-electron chi connectivity index (χ2n) is 6.28. The lowest BCUT2D eigenvalue weighted by molar-refractivity contribution is 0.0526. The number of hydrogen-bond donors (Lipinski definition) is 2. The maximum Gasteiger partial charge on any atom is 0.339 e. The Morgan fingerprint density at radius 1 is 1.35 bits per heavy atom. The molecule has 0 unspecified atom stereocenters. The average Bonchev–Trinajstić information content (AvgIpc) is 2.64. The number of carbonyl (C=O) groups excluding carboxylic acids is 1. The summed E-state index contributed by atoms with van der Waals surface area (Å²) in [6.07, 6.45) is 8.01. The van der Waals surface area contributed by atoms with Gasteiger partial charge in [0.05, 0.1) is 17.2 Å². The number of esters is 1. The highest BCUT2D eigenvalue weighted by atomic mass is 35.5. The molecule has 0 saturated heterocycles. The molecule has 1 aliphatic rings. The normalized spacial score (nSPS) is 14.7. The minimum atomic E-state index is -0.431. The number of ether oxygens (including phenoxy) is 1. The smallest absolute Gasteiger partial charge is 0.339 e. The third-order valence-electron chi connectivity index (χ3n) is 4.23. The van der Waals surface area contributed by atoms with Crippen LogP contribution in [0.15, 0.2) is 18.2 Å². The minimum Gasteiger partial charge on any atom is -0.462 e. The van der Waals surface area contributed by atoms with Crippen molar-refractivity contribution in [3.8, 4) is 0 Å². The van der Waals surface area contributed by atoms with E-state index in [0.29, 0.717) is 28.0 Å². The van der Waals surface area contributed by atoms with E-state index in [9.17, 15) is 4.79 Å². The number of anilines is 1. The van der Waals surface area contributed by atoms with Gasteiger partial charge in [0.2, 0.25) is 0 Å². The van der Waals surface area contributed by atoms with Crippen molar-refractivity contribution in [2.24, 2.45) is 0 Å². The highest BCUT2D eigenvalue weighted by Gasteiger charge is 2.14. The van der Waals surface area contributed by atoms with E-state index in [1.807, 2.05) is 0 Å². The molecule has 26 heavy (non-hydrogen) atoms. The lowest BCUT2D eigenvalue weighted by Crippen LogP contribution is -2.29. The van der Waals surface area contributed by atoms with Crippen LogP contribution in [0, 0.1) is 0 Å². The first-order valence-electron chi connectivity index (χ1n) is 9.23. The van der Waals surface area contributed by atoms with Gasteiger partial charge in [-0.15, -0.1) is 0 Å². The zero-order chi connectivity index (χ0) is 18.8. The molecule has 0 atom stereocenters. The van der Waals surface area contributed by atoms with Gasteiger partial charge in [0, 0.05) is 17.5 Å². The minimum absolute atomic E-state index is 0.311. The molecular weight excluding hydrogens is 388 g/mol. The van der Waals surface area contributed by atoms with Crippen molar-refractivity contribution in [3.63, 3.8) is 0 Å². The first kappa shape index (κ1) is 21.3. The van der Waals surface area contributed by atoms with Gasteiger partial charge in [-0.25, -0.2) is 4.79 Å². The Labute approximate surface area is 170 Å². The number of benzene rings is 1. The molecule has 7 heteroatoms. The molecule has 0 amide bonds. The molecule has 0 aromatic heterocycles. The van der Waals surface area contributed by atoms with E-state index in [1.165, 1.54) is 32.1 Å². The zero-order valence-electron chi connectivity index (χ0n) is 15.2. The number of rotatable bonds is 8. The fraction of sp³-hybridized carbons (Fsp3) is 0.579. The first-order valence-corrected chi connectivity index (χ1v) is 11.1. The van der Waals surface area contributed by atoms with Crippen LogP contribution in [0.5, 0.6) is 0 Å². The van der Waals surface area contributed by atoms with Crippen molar-refractivity contribution >= 4 is 52.3 Å². The molecule has 0 heterocycles. The molecule has 2 rings (SSSR count). The van der Waals surface area contributed by atoms with Crippen LogP contribution in [0.3, 0.4) is 0 Å². The van der Waals surface area contributed by atoms with Crippen LogP contribution in [0.2, 0.25) is 5.02 Å². The summed E-state index contributed by atoms with van der Waals surface area (Å²) in [5, 5.41) is 8.07. The van der Waals surface area contributed by atoms with Gasteiger partial charge in [-0.05, 0) is 62.4 Å². The van der Waals surface area contributed by atoms with Crippen LogP contribution < -0.4 is 10.6 Å². The van der Waals surface area contributed by atoms with Gasteiger partial charge >= 0.3 is 5.97 Å². The van der Waals surface area contributed by atoms with Crippen LogP contribution >= 0.6 is 35.6 Å². The number of nitrogens with one attached hydrogen (secondary N) is 2. The Balaban J connectivity index is 1.70. The molecule has 1 aliphatic carbocycles. The molecular formula is C19H27ClN2O2S2. The second-order valence-corrected chi connectivity index (χ2v) is 8.50. The van der Waals surface area contributed by atoms with E-state index in [0.717, 1.165) is 24.0 Å². The summed E-state index contributed by atoms with van der Waals surface area (Å²) in [6, 6.07) is 5.12. The number of hydrogen-bond acceptors (Lipinski definition) is 4. The summed E-state index contributed by atoms with van der Waals surface area (Å²) in [4.78, 5) is 11.9. The molecule has 1 aromatic rings. The quantitative estimate of drug-likeness (QED) is 0.344. The van der Waals surface area contributed by atoms with Gasteiger partial charge in [-0.2, -0.15) is 11.8 Å². The Hall–Kier alpha value is -0.980. The molecule has 0 bridgehead atoms. The third-order valence-corrected chi connectivity index (χ3v) is 6.28. The topological polar surface area (TPSA) is 50.4 Å². The molecule has 0 radical (unpaired) electrons. The Kier molecular flexibility index (Phi) is 9.57. The maximum absolute atomic E-state index is 11.9. The lowest BCUT2D eigenvalue weighted by atomic mass is 10.0. The molecule has 1 saturated carbocycles. The predicted octanol–water partition coefficient (Wildman–Crippen LogP) is 5.26. The van der Waals surface area contributed by atoms with Crippen LogP contribution in [-0.2, 0) is 4.74 Å². The van der Waals surface area contributed by atoms with E-state index in [2.05, 4.69) is 22.4 Å². The van der Waals surface area contributed by atoms with Crippen LogP contribution in [0.25, 0.3) is 0 Å². The molecule has 4 nitrogen and oxygen atoms in total. The van der Waals surface area contributed by atoms with E-state index < -0.39 is 5.97 Å². The first-order chi connectivity index (χ1) is 12.6. The van der Waals surface area contributed by atoms with Gasteiger partial charge < -0.3 is 15.4 Å². The second kappa shape index (κ2) is 11.7. The van der Waals surface area contributed by atoms with Gasteiger partial charge in [-0.1, -0.05) is 30.9 Å². The van der Waals surface area contributed by atoms with Gasteiger partial charge in [0.15, 0.2) is 5.11 Å². The average molecular weight is 415 g/mol. The van der Waals surface area contributed by atoms with Crippen molar-refractivity contribution in [2.75, 3.05) is 24.2 Å². The largest absolute Gasteiger partial charge is 0.462 e. The predicted molar refractivity (Wildman–Crippen MR) is 116 cm³/mol. The summed E-state index contributed by atoms with van der Waals surface area (Å²) in [5.74, 6) is 0.730. The molecule has 1 aromatic carbocycles. The van der Waals surface area contributed by atoms with Crippen LogP contribution in [-0.4, -0.2) is 35.2 Å². The summed E-state index contributed by atoms with van der Waals surface area (Å²) in [5.41, 5.74) is 1.05. The molecule has 2 N–H and O–H groups in total. The van der Waals surface area contributed by atoms with E-state index >= 15 is 0 Å². The van der Waals surface area contributed by atoms with Crippen LogP contribution in [0.1, 0.15) is 55.8 Å². The van der Waals surface area contributed by atoms with Gasteiger partial charge in [0.25, 0.3) is 0 Å². The molecule has 0 aliphatic heterocycles. The van der Waals surface area contributed by atoms with Gasteiger partial charge in [0.1, 0.15) is 0 Å². The van der Waals surface area contributed by atoms with E-state index in [1.54, 1.807) is 25.1 Å². The fourth-order valence-electron chi connectivity index (χ4n) is 2.90. The highest BCUT2D eigenvalue weighted by molar-refractivity contribution is 7.99. The molecule has 1 fully saturated rings. The van der Waals surface area contributed by atoms with Crippen molar-refractivity contribution in [3.05, 3.63) is 28.8 Å². The number of halogens is 1. The maximum atomic E-state index is 11.9. The summed E-state index contributed by atoms with van der Waals surface area (Å²) < 4.78 is 5.01. The van der Waals surface area contributed by atoms with Crippen molar-refractivity contribution in [2.45, 2.75) is 50.7 Å². The Bertz CT molecular complexity index is 607. The third kappa shape index (κ3) is 7.33. The van der Waals surface area contributed by atoms with E-state index in [4.69, 9.17) is 28.6 Å². The fourth-order valence-corrected chi connectivity index (χ4v) is 4.63. The Morgan fingerprint density at radius 2 is 2.12 bits per heavy atom. The monoisotopic (exact) mass is 414 g/mol. The Morgan fingerprint density at radius 3 is 2.85 bits per heavy atom. The summed E-state index contributed by atoms with van der Waals surface area (Å²) in [6.45, 7) is 2.91. The molecule has 0 spiro atoms. The lowest BCUT2D eigenvalue weighted by Gasteiger charge is -2.20. The van der Waals surface area contributed by atoms with Crippen molar-refractivity contribution in [1.82, 2.24) is 5.32 Å². The summed E-state index contributed by atoms with van der Waals surface area (Å²) in [7, 11) is 0. The number of thiocarbonyl (C=S) groups is 1. The number of thioether (sulfide) groups is 1. The highest BCUT2D eigenvalue weighted by Crippen LogP contribution is 2.28. The molecule has 144 valence electrons. The van der Waals surface area contributed by atoms with Gasteiger partial charge in [-0.3, -0.25) is 0 Å². The summed E-state index contributed by atoms with van der Waals surface area (Å²) >= 11 is 13.5. The van der Waals surface area contributed by atoms with E-state index in [-0.39, 0.29) is 0 Å². The SMILES string of the molecule is CCOC(=O)c1cc(NC(=S)NCCCSC2CCCCC2)ccc1Cl. The van der Waals surface area contributed by atoms with Crippen molar-refractivity contribution < 1.29 is 9.53 Å². The van der Waals surface area contributed by atoms with Crippen molar-refractivity contribution in [1.29, 1.82) is 0 Å². The standard InChI is InChI=1S/C19H27ClN2O2S2/c1-2-24-18(23)16-13-14(9-10-17(16)20)22-19(25)21-11-6-12-26-15-7-4-3-5-8-15/h9-10,13,15H,2-8,11-12H2,1H3,(H2,21,22,25). The number of carbonyl (C=O) groups is 1. The zero-order valence-corrected chi connectivity index (χ0v) is 17.6.